The van der Waals surface area contributed by atoms with E-state index in [4.69, 9.17) is 0 Å². The second kappa shape index (κ2) is 6.33. The molecule has 4 rings (SSSR count). The van der Waals surface area contributed by atoms with Gasteiger partial charge in [-0.25, -0.2) is 0 Å². The van der Waals surface area contributed by atoms with E-state index in [0.29, 0.717) is 0 Å². The third-order valence-corrected chi connectivity index (χ3v) is 4.61. The summed E-state index contributed by atoms with van der Waals surface area (Å²) in [5.41, 5.74) is 6.58. The Balaban J connectivity index is 1.62. The van der Waals surface area contributed by atoms with Crippen LogP contribution < -0.4 is 0 Å². The molecule has 4 aromatic carbocycles. The number of aryl methyl sites for hydroxylation is 1. The average Bonchev–Trinajstić information content (AvgIpc) is 2.63. The van der Waals surface area contributed by atoms with E-state index in [0.717, 1.165) is 6.42 Å². The Morgan fingerprint density at radius 2 is 1.21 bits per heavy atom. The van der Waals surface area contributed by atoms with Crippen LogP contribution in [0, 0.1) is 6.92 Å². The van der Waals surface area contributed by atoms with Gasteiger partial charge >= 0.3 is 0 Å². The summed E-state index contributed by atoms with van der Waals surface area (Å²) in [6.45, 7) is 2.12. The van der Waals surface area contributed by atoms with Crippen molar-refractivity contribution in [3.05, 3.63) is 108 Å². The van der Waals surface area contributed by atoms with Crippen LogP contribution in [0.3, 0.4) is 0 Å². The van der Waals surface area contributed by atoms with Crippen molar-refractivity contribution in [3.63, 3.8) is 0 Å². The predicted molar refractivity (Wildman–Crippen MR) is 103 cm³/mol. The average molecular weight is 308 g/mol. The van der Waals surface area contributed by atoms with Gasteiger partial charge in [-0.15, -0.1) is 0 Å². The highest BCUT2D eigenvalue weighted by Crippen LogP contribution is 2.24. The molecule has 0 radical (unpaired) electrons. The third kappa shape index (κ3) is 2.96. The van der Waals surface area contributed by atoms with Crippen LogP contribution in [0.2, 0.25) is 0 Å². The topological polar surface area (TPSA) is 0 Å². The normalized spacial score (nSPS) is 10.9. The lowest BCUT2D eigenvalue weighted by molar-refractivity contribution is 1.21. The fraction of sp³-hybridized carbons (Fsp3) is 0.0833. The van der Waals surface area contributed by atoms with Gasteiger partial charge in [0, 0.05) is 0 Å². The summed E-state index contributed by atoms with van der Waals surface area (Å²) in [4.78, 5) is 0. The number of benzene rings is 4. The number of hydrogen-bond donors (Lipinski definition) is 0. The molecule has 24 heavy (non-hydrogen) atoms. The van der Waals surface area contributed by atoms with Gasteiger partial charge < -0.3 is 0 Å². The number of hydrogen-bond acceptors (Lipinski definition) is 0. The van der Waals surface area contributed by atoms with Gasteiger partial charge in [0.15, 0.2) is 0 Å². The summed E-state index contributed by atoms with van der Waals surface area (Å²) in [5.74, 6) is 0. The zero-order valence-electron chi connectivity index (χ0n) is 13.9. The molecule has 0 amide bonds. The van der Waals surface area contributed by atoms with Crippen molar-refractivity contribution < 1.29 is 0 Å². The molecule has 0 atom stereocenters. The van der Waals surface area contributed by atoms with Crippen LogP contribution in [-0.2, 0) is 6.42 Å². The van der Waals surface area contributed by atoms with Crippen molar-refractivity contribution in [2.45, 2.75) is 13.3 Å². The highest BCUT2D eigenvalue weighted by Gasteiger charge is 2.03. The van der Waals surface area contributed by atoms with E-state index in [-0.39, 0.29) is 0 Å². The van der Waals surface area contributed by atoms with E-state index in [9.17, 15) is 0 Å². The Morgan fingerprint density at radius 1 is 0.583 bits per heavy atom. The zero-order valence-corrected chi connectivity index (χ0v) is 13.9. The molecule has 0 heterocycles. The van der Waals surface area contributed by atoms with Gasteiger partial charge in [-0.05, 0) is 46.4 Å². The van der Waals surface area contributed by atoms with Crippen LogP contribution >= 0.6 is 0 Å². The monoisotopic (exact) mass is 308 g/mol. The Kier molecular flexibility index (Phi) is 3.88. The highest BCUT2D eigenvalue weighted by atomic mass is 14.1. The number of rotatable bonds is 3. The van der Waals surface area contributed by atoms with Gasteiger partial charge in [0.2, 0.25) is 0 Å². The van der Waals surface area contributed by atoms with Crippen molar-refractivity contribution in [2.75, 3.05) is 0 Å². The predicted octanol–water partition coefficient (Wildman–Crippen LogP) is 6.41. The molecular formula is C24H20. The van der Waals surface area contributed by atoms with E-state index >= 15 is 0 Å². The maximum Gasteiger partial charge on any atom is -0.00196 e. The Hall–Kier alpha value is -2.86. The number of fused-ring (bicyclic) bond motifs is 1. The first-order chi connectivity index (χ1) is 11.8. The molecule has 0 nitrogen and oxygen atoms in total. The minimum atomic E-state index is 0.968. The first-order valence-corrected chi connectivity index (χ1v) is 8.42. The Morgan fingerprint density at radius 3 is 1.96 bits per heavy atom. The van der Waals surface area contributed by atoms with Crippen LogP contribution in [0.4, 0.5) is 0 Å². The van der Waals surface area contributed by atoms with Gasteiger partial charge in [0.05, 0.1) is 0 Å². The molecule has 0 heteroatoms. The zero-order chi connectivity index (χ0) is 16.4. The largest absolute Gasteiger partial charge is 0.0616 e. The molecule has 0 spiro atoms. The highest BCUT2D eigenvalue weighted by molar-refractivity contribution is 5.86. The van der Waals surface area contributed by atoms with E-state index in [2.05, 4.69) is 97.9 Å². The van der Waals surface area contributed by atoms with E-state index in [1.807, 2.05) is 0 Å². The van der Waals surface area contributed by atoms with Gasteiger partial charge in [0.25, 0.3) is 0 Å². The fourth-order valence-corrected chi connectivity index (χ4v) is 3.23. The lowest BCUT2D eigenvalue weighted by atomic mass is 9.97. The molecule has 0 aliphatic rings. The van der Waals surface area contributed by atoms with Crippen molar-refractivity contribution in [3.8, 4) is 11.1 Å². The first kappa shape index (κ1) is 14.7. The first-order valence-electron chi connectivity index (χ1n) is 8.42. The van der Waals surface area contributed by atoms with Gasteiger partial charge in [-0.3, -0.25) is 0 Å². The van der Waals surface area contributed by atoms with Crippen LogP contribution in [0.15, 0.2) is 91.0 Å². The standard InChI is InChI=1S/C24H20/c1-18-9-13-20(14-10-18)21-15-11-19(12-16-21)17-23-7-4-6-22-5-2-3-8-24(22)23/h2-16H,17H2,1H3. The van der Waals surface area contributed by atoms with E-state index in [1.54, 1.807) is 0 Å². The molecule has 0 bridgehead atoms. The molecule has 0 aliphatic heterocycles. The molecular weight excluding hydrogens is 288 g/mol. The lowest BCUT2D eigenvalue weighted by Crippen LogP contribution is -1.90. The van der Waals surface area contributed by atoms with Crippen LogP contribution in [0.1, 0.15) is 16.7 Å². The Labute approximate surface area is 143 Å². The lowest BCUT2D eigenvalue weighted by Gasteiger charge is -2.08. The van der Waals surface area contributed by atoms with Gasteiger partial charge in [0.1, 0.15) is 0 Å². The Bertz CT molecular complexity index is 955. The molecule has 0 unspecified atom stereocenters. The molecule has 0 N–H and O–H groups in total. The van der Waals surface area contributed by atoms with Crippen molar-refractivity contribution >= 4 is 10.8 Å². The summed E-state index contributed by atoms with van der Waals surface area (Å²) in [6, 6.07) is 32.8. The van der Waals surface area contributed by atoms with Crippen LogP contribution in [0.5, 0.6) is 0 Å². The second-order valence-electron chi connectivity index (χ2n) is 6.38. The summed E-state index contributed by atoms with van der Waals surface area (Å²) >= 11 is 0. The minimum absolute atomic E-state index is 0.968. The van der Waals surface area contributed by atoms with E-state index in [1.165, 1.54) is 38.6 Å². The summed E-state index contributed by atoms with van der Waals surface area (Å²) in [7, 11) is 0. The molecule has 0 saturated carbocycles. The fourth-order valence-electron chi connectivity index (χ4n) is 3.23. The van der Waals surface area contributed by atoms with Crippen molar-refractivity contribution in [1.82, 2.24) is 0 Å². The smallest absolute Gasteiger partial charge is 0.00196 e. The molecule has 4 aromatic rings. The maximum atomic E-state index is 2.25. The minimum Gasteiger partial charge on any atom is -0.0616 e. The third-order valence-electron chi connectivity index (χ3n) is 4.61. The van der Waals surface area contributed by atoms with Gasteiger partial charge in [-0.1, -0.05) is 96.6 Å². The molecule has 0 aromatic heterocycles. The quantitative estimate of drug-likeness (QED) is 0.410. The second-order valence-corrected chi connectivity index (χ2v) is 6.38. The molecule has 0 aliphatic carbocycles. The summed E-state index contributed by atoms with van der Waals surface area (Å²) in [6.07, 6.45) is 0.968. The van der Waals surface area contributed by atoms with Gasteiger partial charge in [-0.2, -0.15) is 0 Å². The van der Waals surface area contributed by atoms with Crippen molar-refractivity contribution in [2.24, 2.45) is 0 Å². The van der Waals surface area contributed by atoms with E-state index < -0.39 is 0 Å². The summed E-state index contributed by atoms with van der Waals surface area (Å²) in [5, 5.41) is 2.66. The molecule has 116 valence electrons. The molecule has 0 saturated heterocycles. The maximum absolute atomic E-state index is 2.25. The van der Waals surface area contributed by atoms with Crippen LogP contribution in [0.25, 0.3) is 21.9 Å². The summed E-state index contributed by atoms with van der Waals surface area (Å²) < 4.78 is 0. The SMILES string of the molecule is Cc1ccc(-c2ccc(Cc3cccc4ccccc34)cc2)cc1. The van der Waals surface area contributed by atoms with Crippen LogP contribution in [-0.4, -0.2) is 0 Å². The van der Waals surface area contributed by atoms with Crippen molar-refractivity contribution in [1.29, 1.82) is 0 Å². The molecule has 0 fully saturated rings.